The van der Waals surface area contributed by atoms with E-state index in [1.807, 2.05) is 72.8 Å². The molecule has 0 radical (unpaired) electrons. The molecule has 4 heterocycles. The SMILES string of the molecule is N#Cc1ccc2c(c1)c1ccccc1n2-c1cccc(-n2c3ccc(C#N)cc3c3c2ccc2c4ccccc4n(-c4ccccc4)c23)n1. The molecule has 6 aromatic carbocycles. The highest BCUT2D eigenvalue weighted by atomic mass is 15.1. The summed E-state index contributed by atoms with van der Waals surface area (Å²) in [4.78, 5) is 5.34. The fourth-order valence-electron chi connectivity index (χ4n) is 7.67. The first-order chi connectivity index (χ1) is 24.2. The van der Waals surface area contributed by atoms with Gasteiger partial charge in [0.15, 0.2) is 0 Å². The Bertz CT molecular complexity index is 3070. The molecule has 0 bridgehead atoms. The van der Waals surface area contributed by atoms with Gasteiger partial charge in [0.1, 0.15) is 11.6 Å². The molecule has 0 saturated carbocycles. The van der Waals surface area contributed by atoms with E-state index in [9.17, 15) is 10.5 Å². The number of para-hydroxylation sites is 3. The lowest BCUT2D eigenvalue weighted by molar-refractivity contribution is 1.01. The van der Waals surface area contributed by atoms with Gasteiger partial charge in [0, 0.05) is 38.0 Å². The second-order valence-corrected chi connectivity index (χ2v) is 12.3. The van der Waals surface area contributed by atoms with Crippen LogP contribution in [0.15, 0.2) is 146 Å². The monoisotopic (exact) mass is 624 g/mol. The topological polar surface area (TPSA) is 75.3 Å². The average Bonchev–Trinajstić information content (AvgIpc) is 3.80. The smallest absolute Gasteiger partial charge is 0.140 e. The van der Waals surface area contributed by atoms with E-state index in [-0.39, 0.29) is 0 Å². The summed E-state index contributed by atoms with van der Waals surface area (Å²) >= 11 is 0. The van der Waals surface area contributed by atoms with Crippen molar-refractivity contribution < 1.29 is 0 Å². The maximum absolute atomic E-state index is 10.0. The molecule has 0 fully saturated rings. The van der Waals surface area contributed by atoms with Gasteiger partial charge in [-0.1, -0.05) is 66.7 Å². The zero-order valence-corrected chi connectivity index (χ0v) is 26.0. The van der Waals surface area contributed by atoms with Crippen LogP contribution < -0.4 is 0 Å². The van der Waals surface area contributed by atoms with E-state index >= 15 is 0 Å². The van der Waals surface area contributed by atoms with Gasteiger partial charge in [-0.15, -0.1) is 0 Å². The highest BCUT2D eigenvalue weighted by molar-refractivity contribution is 6.26. The molecule has 0 amide bonds. The summed E-state index contributed by atoms with van der Waals surface area (Å²) in [6, 6.07) is 54.1. The second-order valence-electron chi connectivity index (χ2n) is 12.3. The lowest BCUT2D eigenvalue weighted by atomic mass is 10.1. The van der Waals surface area contributed by atoms with Crippen molar-refractivity contribution in [2.24, 2.45) is 0 Å². The van der Waals surface area contributed by atoms with Crippen LogP contribution in [0.4, 0.5) is 0 Å². The average molecular weight is 625 g/mol. The van der Waals surface area contributed by atoms with Crippen LogP contribution in [0.2, 0.25) is 0 Å². The van der Waals surface area contributed by atoms with Crippen LogP contribution in [-0.4, -0.2) is 18.7 Å². The van der Waals surface area contributed by atoms with Crippen LogP contribution in [0.1, 0.15) is 11.1 Å². The molecule has 226 valence electrons. The molecule has 0 saturated heterocycles. The molecule has 49 heavy (non-hydrogen) atoms. The van der Waals surface area contributed by atoms with Gasteiger partial charge in [-0.05, 0) is 78.9 Å². The molecular weight excluding hydrogens is 601 g/mol. The maximum atomic E-state index is 10.0. The number of nitrogens with zero attached hydrogens (tertiary/aromatic N) is 6. The molecule has 0 unspecified atom stereocenters. The summed E-state index contributed by atoms with van der Waals surface area (Å²) in [5.74, 6) is 1.54. The van der Waals surface area contributed by atoms with Crippen molar-refractivity contribution in [3.63, 3.8) is 0 Å². The van der Waals surface area contributed by atoms with Gasteiger partial charge in [0.25, 0.3) is 0 Å². The molecule has 4 aromatic heterocycles. The van der Waals surface area contributed by atoms with Gasteiger partial charge < -0.3 is 4.57 Å². The highest BCUT2D eigenvalue weighted by Gasteiger charge is 2.22. The third kappa shape index (κ3) is 3.77. The van der Waals surface area contributed by atoms with Gasteiger partial charge in [0.05, 0.1) is 56.4 Å². The third-order valence-corrected chi connectivity index (χ3v) is 9.69. The van der Waals surface area contributed by atoms with E-state index in [2.05, 4.69) is 98.6 Å². The summed E-state index contributed by atoms with van der Waals surface area (Å²) in [5.41, 5.74) is 8.50. The van der Waals surface area contributed by atoms with Crippen LogP contribution in [0, 0.1) is 22.7 Å². The lowest BCUT2D eigenvalue weighted by Crippen LogP contribution is -2.03. The fraction of sp³-hybridized carbons (Fsp3) is 0. The zero-order valence-electron chi connectivity index (χ0n) is 26.0. The van der Waals surface area contributed by atoms with Crippen molar-refractivity contribution in [2.75, 3.05) is 0 Å². The lowest BCUT2D eigenvalue weighted by Gasteiger charge is -2.12. The van der Waals surface area contributed by atoms with Crippen LogP contribution in [0.3, 0.4) is 0 Å². The van der Waals surface area contributed by atoms with E-state index in [0.29, 0.717) is 11.1 Å². The van der Waals surface area contributed by atoms with E-state index in [1.165, 1.54) is 5.39 Å². The minimum absolute atomic E-state index is 0.606. The highest BCUT2D eigenvalue weighted by Crippen LogP contribution is 2.42. The van der Waals surface area contributed by atoms with Gasteiger partial charge in [0.2, 0.25) is 0 Å². The molecule has 6 heteroatoms. The number of fused-ring (bicyclic) bond motifs is 10. The first kappa shape index (κ1) is 27.0. The van der Waals surface area contributed by atoms with E-state index < -0.39 is 0 Å². The molecule has 0 aliphatic heterocycles. The van der Waals surface area contributed by atoms with Gasteiger partial charge in [-0.25, -0.2) is 4.98 Å². The summed E-state index contributed by atoms with van der Waals surface area (Å²) in [5, 5.41) is 26.1. The van der Waals surface area contributed by atoms with E-state index in [0.717, 1.165) is 77.4 Å². The van der Waals surface area contributed by atoms with Gasteiger partial charge in [-0.2, -0.15) is 10.5 Å². The molecule has 10 rings (SSSR count). The van der Waals surface area contributed by atoms with Crippen LogP contribution in [0.5, 0.6) is 0 Å². The van der Waals surface area contributed by atoms with E-state index in [4.69, 9.17) is 4.98 Å². The van der Waals surface area contributed by atoms with Crippen molar-refractivity contribution in [1.82, 2.24) is 18.7 Å². The van der Waals surface area contributed by atoms with E-state index in [1.54, 1.807) is 0 Å². The number of rotatable bonds is 3. The summed E-state index contributed by atoms with van der Waals surface area (Å²) in [6.07, 6.45) is 0. The Morgan fingerprint density at radius 1 is 0.408 bits per heavy atom. The largest absolute Gasteiger partial charge is 0.309 e. The number of pyridine rings is 1. The number of aromatic nitrogens is 4. The Hall–Kier alpha value is -7.15. The predicted octanol–water partition coefficient (Wildman–Crippen LogP) is 10.1. The van der Waals surface area contributed by atoms with Crippen molar-refractivity contribution in [1.29, 1.82) is 10.5 Å². The molecule has 6 nitrogen and oxygen atoms in total. The first-order valence-electron chi connectivity index (χ1n) is 16.1. The molecule has 0 spiro atoms. The fourth-order valence-corrected chi connectivity index (χ4v) is 7.67. The first-order valence-corrected chi connectivity index (χ1v) is 16.1. The Balaban J connectivity index is 1.32. The maximum Gasteiger partial charge on any atom is 0.140 e. The van der Waals surface area contributed by atoms with Crippen LogP contribution in [0.25, 0.3) is 82.7 Å². The number of benzene rings is 6. The van der Waals surface area contributed by atoms with Crippen molar-refractivity contribution in [3.05, 3.63) is 157 Å². The van der Waals surface area contributed by atoms with Crippen molar-refractivity contribution >= 4 is 65.4 Å². The molecule has 0 N–H and O–H groups in total. The molecule has 10 aromatic rings. The number of hydrogen-bond acceptors (Lipinski definition) is 3. The number of hydrogen-bond donors (Lipinski definition) is 0. The normalized spacial score (nSPS) is 11.6. The summed E-state index contributed by atoms with van der Waals surface area (Å²) in [7, 11) is 0. The molecular formula is C43H24N6. The predicted molar refractivity (Wildman–Crippen MR) is 197 cm³/mol. The molecule has 0 atom stereocenters. The standard InChI is InChI=1S/C43H24N6/c44-25-27-17-20-37-33(23-27)31-12-5-7-14-36(31)48(37)40-15-8-16-41(46-40)49-38-21-18-28(26-45)24-34(38)42-39(49)22-19-32-30-11-4-6-13-35(30)47(43(32)42)29-9-2-1-3-10-29/h1-24H. The Labute approximate surface area is 280 Å². The minimum Gasteiger partial charge on any atom is -0.309 e. The molecule has 0 aliphatic carbocycles. The zero-order chi connectivity index (χ0) is 32.6. The minimum atomic E-state index is 0.606. The Morgan fingerprint density at radius 3 is 1.63 bits per heavy atom. The third-order valence-electron chi connectivity index (χ3n) is 9.69. The summed E-state index contributed by atoms with van der Waals surface area (Å²) in [6.45, 7) is 0. The van der Waals surface area contributed by atoms with Gasteiger partial charge in [-0.3, -0.25) is 9.13 Å². The van der Waals surface area contributed by atoms with Gasteiger partial charge >= 0.3 is 0 Å². The van der Waals surface area contributed by atoms with Crippen LogP contribution >= 0.6 is 0 Å². The quantitative estimate of drug-likeness (QED) is 0.196. The Morgan fingerprint density at radius 2 is 0.939 bits per heavy atom. The second kappa shape index (κ2) is 10.2. The van der Waals surface area contributed by atoms with Crippen molar-refractivity contribution in [2.45, 2.75) is 0 Å². The number of nitriles is 2. The Kier molecular flexibility index (Phi) is 5.61. The molecule has 0 aliphatic rings. The van der Waals surface area contributed by atoms with Crippen molar-refractivity contribution in [3.8, 4) is 29.5 Å². The summed E-state index contributed by atoms with van der Waals surface area (Å²) < 4.78 is 6.72. The van der Waals surface area contributed by atoms with Crippen LogP contribution in [-0.2, 0) is 0 Å².